The molecule has 1 saturated carbocycles. The molecule has 6 rings (SSSR count). The van der Waals surface area contributed by atoms with Crippen LogP contribution in [-0.4, -0.2) is 205 Å². The number of piperazine rings is 1. The van der Waals surface area contributed by atoms with Gasteiger partial charge in [-0.1, -0.05) is 71.1 Å². The van der Waals surface area contributed by atoms with Gasteiger partial charge < -0.3 is 74.2 Å². The van der Waals surface area contributed by atoms with E-state index in [0.29, 0.717) is 121 Å². The van der Waals surface area contributed by atoms with E-state index in [1.165, 1.54) is 12.0 Å². The van der Waals surface area contributed by atoms with Crippen LogP contribution in [0.4, 0.5) is 10.7 Å². The smallest absolute Gasteiger partial charge is 0.407 e. The molecule has 5 aliphatic rings. The second kappa shape index (κ2) is 35.4. The number of amides is 3. The minimum Gasteiger partial charge on any atom is -0.459 e. The monoisotopic (exact) mass is 1250 g/mol. The average Bonchev–Trinajstić information content (AvgIpc) is 3.30. The summed E-state index contributed by atoms with van der Waals surface area (Å²) in [7, 11) is 4.61. The molecule has 2 bridgehead atoms. The van der Waals surface area contributed by atoms with Gasteiger partial charge in [0.2, 0.25) is 17.6 Å². The van der Waals surface area contributed by atoms with Gasteiger partial charge in [0.25, 0.3) is 11.7 Å². The lowest BCUT2D eigenvalue weighted by Crippen LogP contribution is -2.61. The fourth-order valence-electron chi connectivity index (χ4n) is 12.9. The predicted molar refractivity (Wildman–Crippen MR) is 333 cm³/mol. The Labute approximate surface area is 526 Å². The number of fused-ring (bicyclic) bond motifs is 3. The molecule has 1 aromatic heterocycles. The molecular weight excluding hydrogens is 1150 g/mol. The fourth-order valence-corrected chi connectivity index (χ4v) is 12.9. The Kier molecular flexibility index (Phi) is 28.8. The molecule has 0 radical (unpaired) electrons. The molecule has 6 N–H and O–H groups in total. The third kappa shape index (κ3) is 20.5. The third-order valence-electron chi connectivity index (χ3n) is 18.5. The number of ketones is 2. The van der Waals surface area contributed by atoms with Crippen LogP contribution >= 0.6 is 0 Å². The number of carbonyl (C=O) groups excluding carboxylic acids is 6. The molecule has 4 fully saturated rings. The molecule has 1 aromatic rings. The second-order valence-corrected chi connectivity index (χ2v) is 25.3. The average molecular weight is 1250 g/mol. The van der Waals surface area contributed by atoms with Gasteiger partial charge in [0.1, 0.15) is 30.5 Å². The zero-order valence-corrected chi connectivity index (χ0v) is 54.3. The Hall–Kier alpha value is -5.50. The van der Waals surface area contributed by atoms with Crippen LogP contribution in [0.3, 0.4) is 0 Å². The number of hydrogen-bond acceptors (Lipinski definition) is 20. The number of ether oxygens (including phenoxy) is 7. The number of nitrogens with one attached hydrogen (secondary N) is 1. The van der Waals surface area contributed by atoms with Crippen molar-refractivity contribution < 1.29 is 77.2 Å². The van der Waals surface area contributed by atoms with Crippen LogP contribution in [0, 0.1) is 29.6 Å². The highest BCUT2D eigenvalue weighted by atomic mass is 16.6. The van der Waals surface area contributed by atoms with Crippen molar-refractivity contribution in [2.24, 2.45) is 35.3 Å². The first kappa shape index (κ1) is 72.6. The van der Waals surface area contributed by atoms with Crippen molar-refractivity contribution >= 4 is 41.4 Å². The number of carbonyl (C=O) groups is 6. The molecule has 1 aliphatic carbocycles. The number of aliphatic hydroxyl groups excluding tert-OH is 2. The SMILES string of the molecule is CCCOCCC(=O)N1CCN(c2ncc(CNC(=O)O[C@@H]3CCC(C[C@@H](N)[C@@H]4C[C@@H](OC)[C@H](C)/C=C(\C)[C@@H](O)[C@@H](O)C(=O)[C@H](C)C[C@H](C)/C=C/C=C/C=C(\C)[C@@H](OC)C[C@@H]5CC[C@@H](C)[C@@](O)(O5)C(=O)C(=O)N5CCCC[C@H]5C(=O)O4)C[C@H]3OC)cn2)CC1. The molecule has 5 heterocycles. The van der Waals surface area contributed by atoms with Crippen molar-refractivity contribution in [2.75, 3.05) is 72.2 Å². The molecule has 1 unspecified atom stereocenters. The van der Waals surface area contributed by atoms with Gasteiger partial charge >= 0.3 is 12.1 Å². The van der Waals surface area contributed by atoms with E-state index in [9.17, 15) is 44.1 Å². The summed E-state index contributed by atoms with van der Waals surface area (Å²) in [6.45, 7) is 16.3. The van der Waals surface area contributed by atoms with Gasteiger partial charge in [-0.25, -0.2) is 19.6 Å². The number of hydrogen-bond donors (Lipinski definition) is 5. The van der Waals surface area contributed by atoms with Gasteiger partial charge in [0.15, 0.2) is 5.78 Å². The Bertz CT molecular complexity index is 2590. The van der Waals surface area contributed by atoms with E-state index in [1.54, 1.807) is 53.5 Å². The predicted octanol–water partition coefficient (Wildman–Crippen LogP) is 5.85. The zero-order valence-electron chi connectivity index (χ0n) is 54.3. The number of piperidine rings is 1. The van der Waals surface area contributed by atoms with Crippen LogP contribution in [0.1, 0.15) is 144 Å². The summed E-state index contributed by atoms with van der Waals surface area (Å²) in [4.78, 5) is 97.3. The van der Waals surface area contributed by atoms with Gasteiger partial charge in [-0.05, 0) is 107 Å². The van der Waals surface area contributed by atoms with E-state index in [4.69, 9.17) is 38.9 Å². The summed E-state index contributed by atoms with van der Waals surface area (Å²) in [5.41, 5.74) is 9.00. The number of nitrogens with zero attached hydrogens (tertiary/aromatic N) is 5. The number of methoxy groups -OCH3 is 3. The lowest BCUT2D eigenvalue weighted by atomic mass is 9.80. The first-order valence-electron chi connectivity index (χ1n) is 32.3. The van der Waals surface area contributed by atoms with Crippen LogP contribution in [0.15, 0.2) is 60.0 Å². The molecule has 0 aromatic carbocycles. The highest BCUT2D eigenvalue weighted by Gasteiger charge is 2.53. The number of aliphatic hydroxyl groups is 3. The van der Waals surface area contributed by atoms with E-state index in [-0.39, 0.29) is 50.1 Å². The number of allylic oxidation sites excluding steroid dienone is 5. The van der Waals surface area contributed by atoms with E-state index < -0.39 is 114 Å². The molecule has 498 valence electrons. The van der Waals surface area contributed by atoms with E-state index in [1.807, 2.05) is 67.9 Å². The summed E-state index contributed by atoms with van der Waals surface area (Å²) in [6.07, 6.45) is 12.6. The molecule has 4 aliphatic heterocycles. The number of aromatic nitrogens is 2. The van der Waals surface area contributed by atoms with E-state index in [0.717, 1.165) is 12.0 Å². The van der Waals surface area contributed by atoms with Crippen LogP contribution in [0.5, 0.6) is 0 Å². The number of esters is 1. The summed E-state index contributed by atoms with van der Waals surface area (Å²) in [5.74, 6) is -7.32. The summed E-state index contributed by atoms with van der Waals surface area (Å²) in [5, 5.41) is 37.6. The number of cyclic esters (lactones) is 1. The van der Waals surface area contributed by atoms with Crippen LogP contribution < -0.4 is 16.0 Å². The van der Waals surface area contributed by atoms with Gasteiger partial charge in [-0.3, -0.25) is 19.2 Å². The Morgan fingerprint density at radius 1 is 0.809 bits per heavy atom. The first-order valence-corrected chi connectivity index (χ1v) is 32.3. The van der Waals surface area contributed by atoms with Gasteiger partial charge in [0.05, 0.1) is 37.4 Å². The second-order valence-electron chi connectivity index (χ2n) is 25.3. The van der Waals surface area contributed by atoms with Crippen molar-refractivity contribution in [1.82, 2.24) is 25.1 Å². The number of nitrogens with two attached hydrogens (primary N) is 1. The van der Waals surface area contributed by atoms with E-state index in [2.05, 4.69) is 15.3 Å². The van der Waals surface area contributed by atoms with Crippen molar-refractivity contribution in [3.8, 4) is 0 Å². The van der Waals surface area contributed by atoms with Crippen molar-refractivity contribution in [3.05, 3.63) is 65.6 Å². The molecule has 89 heavy (non-hydrogen) atoms. The molecule has 16 atom stereocenters. The Morgan fingerprint density at radius 2 is 1.53 bits per heavy atom. The highest BCUT2D eigenvalue weighted by molar-refractivity contribution is 6.39. The van der Waals surface area contributed by atoms with Crippen molar-refractivity contribution in [3.63, 3.8) is 0 Å². The third-order valence-corrected chi connectivity index (χ3v) is 18.5. The quantitative estimate of drug-likeness (QED) is 0.0595. The minimum absolute atomic E-state index is 0.0435. The maximum absolute atomic E-state index is 14.8. The van der Waals surface area contributed by atoms with Crippen LogP contribution in [0.25, 0.3) is 0 Å². The van der Waals surface area contributed by atoms with Crippen molar-refractivity contribution in [1.29, 1.82) is 0 Å². The molecule has 3 saturated heterocycles. The minimum atomic E-state index is -2.47. The molecular formula is C66H103N7O16. The number of rotatable bonds is 15. The Balaban J connectivity index is 1.15. The first-order chi connectivity index (χ1) is 42.5. The lowest BCUT2D eigenvalue weighted by Gasteiger charge is -2.43. The van der Waals surface area contributed by atoms with E-state index >= 15 is 0 Å². The number of alkyl carbamates (subject to hydrolysis) is 1. The molecule has 23 heteroatoms. The van der Waals surface area contributed by atoms with Gasteiger partial charge in [-0.2, -0.15) is 0 Å². The van der Waals surface area contributed by atoms with Gasteiger partial charge in [0, 0.05) is 122 Å². The highest BCUT2D eigenvalue weighted by Crippen LogP contribution is 2.38. The molecule has 0 spiro atoms. The standard InChI is InChI=1S/C66H103N7O16/c1-11-30-86-31-24-57(74)71-26-28-72(29-27-71)64-68-38-48(39-69-64)40-70-65(81)88-52-23-21-47(35-56(52)85-10)34-50(67)55-37-54(84-9)43(4)33-45(6)59(76)60(77)58(75)44(5)32-41(2)17-13-12-14-18-42(3)53(83-8)36-49-22-20-46(7)66(82,89-49)61(78)62(79)73-25-16-15-19-51(73)63(80)87-55/h12-14,17-18,33,38-39,41,43-44,46-47,49-56,59-60,76-77,82H,11,15-16,19-32,34-37,40,67H2,1-10H3,(H,70,81)/b14-12+,17-13+,42-18+,45-33+/t41-,43-,44-,46-,47?,49+,50-,51+,52-,53+,54-,55+,56-,59-,60+,66-/m1/s1. The fraction of sp³-hybridized carbons (Fsp3) is 0.727. The maximum atomic E-state index is 14.8. The Morgan fingerprint density at radius 3 is 2.21 bits per heavy atom. The zero-order chi connectivity index (χ0) is 65.0. The number of Topliss-reactive ketones (excluding diaryl/α,β-unsaturated/α-hetero) is 2. The van der Waals surface area contributed by atoms with Gasteiger partial charge in [-0.15, -0.1) is 0 Å². The normalized spacial score (nSPS) is 34.4. The summed E-state index contributed by atoms with van der Waals surface area (Å²) < 4.78 is 41.9. The summed E-state index contributed by atoms with van der Waals surface area (Å²) >= 11 is 0. The number of anilines is 1. The summed E-state index contributed by atoms with van der Waals surface area (Å²) in [6, 6.07) is -2.02. The van der Waals surface area contributed by atoms with Crippen molar-refractivity contribution in [2.45, 2.75) is 212 Å². The lowest BCUT2D eigenvalue weighted by molar-refractivity contribution is -0.265. The largest absolute Gasteiger partial charge is 0.459 e. The van der Waals surface area contributed by atoms with Crippen LogP contribution in [0.2, 0.25) is 0 Å². The van der Waals surface area contributed by atoms with Crippen LogP contribution in [-0.2, 0) is 63.7 Å². The molecule has 3 amide bonds. The maximum Gasteiger partial charge on any atom is 0.407 e. The molecule has 23 nitrogen and oxygen atoms in total. The topological polar surface area (TPSA) is 301 Å².